The molecule has 0 aliphatic carbocycles. The topological polar surface area (TPSA) is 29.3 Å². The zero-order valence-electron chi connectivity index (χ0n) is 7.85. The summed E-state index contributed by atoms with van der Waals surface area (Å²) in [5.74, 6) is 0. The summed E-state index contributed by atoms with van der Waals surface area (Å²) in [5, 5.41) is 0. The molecule has 1 unspecified atom stereocenters. The molecule has 0 bridgehead atoms. The molecule has 72 valence electrons. The van der Waals surface area contributed by atoms with Crippen LogP contribution in [0.15, 0.2) is 0 Å². The Morgan fingerprint density at radius 3 is 2.83 bits per heavy atom. The van der Waals surface area contributed by atoms with Gasteiger partial charge in [-0.05, 0) is 31.3 Å². The Balaban J connectivity index is 2.25. The lowest BCUT2D eigenvalue weighted by Gasteiger charge is -2.22. The highest BCUT2D eigenvalue weighted by molar-refractivity contribution is 4.86. The van der Waals surface area contributed by atoms with Crippen molar-refractivity contribution in [1.82, 2.24) is 4.90 Å². The van der Waals surface area contributed by atoms with Gasteiger partial charge in [0.1, 0.15) is 0 Å². The Kier molecular flexibility index (Phi) is 3.47. The third kappa shape index (κ3) is 2.42. The van der Waals surface area contributed by atoms with Gasteiger partial charge in [-0.15, -0.1) is 0 Å². The van der Waals surface area contributed by atoms with Crippen molar-refractivity contribution in [2.45, 2.75) is 19.8 Å². The maximum absolute atomic E-state index is 11.9. The van der Waals surface area contributed by atoms with Gasteiger partial charge in [-0.25, -0.2) is 0 Å². The second-order valence-corrected chi connectivity index (χ2v) is 4.08. The molecule has 0 radical (unpaired) electrons. The first-order valence-electron chi connectivity index (χ1n) is 4.68. The van der Waals surface area contributed by atoms with Gasteiger partial charge < -0.3 is 10.6 Å². The zero-order chi connectivity index (χ0) is 9.03. The standard InChI is InChI=1S/C9H19FN2/c1-9(7-11)3-6-12(8-9)5-2-4-10/h2-8,11H2,1H3. The molecule has 0 aromatic rings. The molecule has 2 N–H and O–H groups in total. The van der Waals surface area contributed by atoms with E-state index in [-0.39, 0.29) is 12.1 Å². The van der Waals surface area contributed by atoms with Crippen LogP contribution in [0.2, 0.25) is 0 Å². The number of hydrogen-bond acceptors (Lipinski definition) is 2. The van der Waals surface area contributed by atoms with E-state index < -0.39 is 0 Å². The molecule has 0 aromatic heterocycles. The van der Waals surface area contributed by atoms with Crippen molar-refractivity contribution in [3.8, 4) is 0 Å². The van der Waals surface area contributed by atoms with Gasteiger partial charge in [0.25, 0.3) is 0 Å². The van der Waals surface area contributed by atoms with Gasteiger partial charge in [-0.1, -0.05) is 6.92 Å². The average molecular weight is 174 g/mol. The van der Waals surface area contributed by atoms with Gasteiger partial charge in [-0.3, -0.25) is 4.39 Å². The smallest absolute Gasteiger partial charge is 0.0906 e. The summed E-state index contributed by atoms with van der Waals surface area (Å²) in [6.45, 7) is 5.79. The maximum Gasteiger partial charge on any atom is 0.0906 e. The highest BCUT2D eigenvalue weighted by Gasteiger charge is 2.31. The highest BCUT2D eigenvalue weighted by atomic mass is 19.1. The van der Waals surface area contributed by atoms with E-state index >= 15 is 0 Å². The van der Waals surface area contributed by atoms with Gasteiger partial charge >= 0.3 is 0 Å². The van der Waals surface area contributed by atoms with Crippen molar-refractivity contribution in [2.24, 2.45) is 11.1 Å². The first-order chi connectivity index (χ1) is 5.70. The van der Waals surface area contributed by atoms with Crippen molar-refractivity contribution in [2.75, 3.05) is 32.9 Å². The number of halogens is 1. The molecule has 0 spiro atoms. The number of nitrogens with zero attached hydrogens (tertiary/aromatic N) is 1. The fourth-order valence-corrected chi connectivity index (χ4v) is 1.77. The molecule has 1 heterocycles. The van der Waals surface area contributed by atoms with Crippen LogP contribution in [0, 0.1) is 5.41 Å². The van der Waals surface area contributed by atoms with Crippen LogP contribution in [0.5, 0.6) is 0 Å². The molecule has 1 aliphatic rings. The minimum atomic E-state index is -0.199. The molecule has 0 amide bonds. The molecule has 1 rings (SSSR count). The predicted molar refractivity (Wildman–Crippen MR) is 48.8 cm³/mol. The summed E-state index contributed by atoms with van der Waals surface area (Å²) < 4.78 is 11.9. The molecule has 1 aliphatic heterocycles. The van der Waals surface area contributed by atoms with Crippen LogP contribution in [0.1, 0.15) is 19.8 Å². The largest absolute Gasteiger partial charge is 0.330 e. The molecule has 1 fully saturated rings. The summed E-state index contributed by atoms with van der Waals surface area (Å²) in [6, 6.07) is 0. The van der Waals surface area contributed by atoms with E-state index in [1.807, 2.05) is 0 Å². The normalized spacial score (nSPS) is 31.2. The van der Waals surface area contributed by atoms with Crippen LogP contribution in [-0.2, 0) is 0 Å². The second kappa shape index (κ2) is 4.19. The Bertz CT molecular complexity index is 138. The zero-order valence-corrected chi connectivity index (χ0v) is 7.85. The third-order valence-corrected chi connectivity index (χ3v) is 2.74. The fraction of sp³-hybridized carbons (Fsp3) is 1.00. The Morgan fingerprint density at radius 2 is 2.33 bits per heavy atom. The summed E-state index contributed by atoms with van der Waals surface area (Å²) in [5.41, 5.74) is 5.95. The van der Waals surface area contributed by atoms with E-state index in [4.69, 9.17) is 5.73 Å². The lowest BCUT2D eigenvalue weighted by Crippen LogP contribution is -2.31. The summed E-state index contributed by atoms with van der Waals surface area (Å²) in [4.78, 5) is 2.31. The summed E-state index contributed by atoms with van der Waals surface area (Å²) >= 11 is 0. The molecule has 1 atom stereocenters. The molecule has 2 nitrogen and oxygen atoms in total. The van der Waals surface area contributed by atoms with Crippen molar-refractivity contribution in [3.63, 3.8) is 0 Å². The molecule has 12 heavy (non-hydrogen) atoms. The van der Waals surface area contributed by atoms with Crippen molar-refractivity contribution < 1.29 is 4.39 Å². The van der Waals surface area contributed by atoms with Crippen LogP contribution >= 0.6 is 0 Å². The number of alkyl halides is 1. The second-order valence-electron chi connectivity index (χ2n) is 4.08. The first kappa shape index (κ1) is 9.93. The Labute approximate surface area is 73.9 Å². The van der Waals surface area contributed by atoms with Gasteiger partial charge in [0, 0.05) is 13.1 Å². The van der Waals surface area contributed by atoms with Crippen LogP contribution in [0.25, 0.3) is 0 Å². The average Bonchev–Trinajstić information content (AvgIpc) is 2.45. The monoisotopic (exact) mass is 174 g/mol. The predicted octanol–water partition coefficient (Wildman–Crippen LogP) is 1.02. The van der Waals surface area contributed by atoms with E-state index in [0.717, 1.165) is 32.6 Å². The first-order valence-corrected chi connectivity index (χ1v) is 4.68. The quantitative estimate of drug-likeness (QED) is 0.689. The minimum absolute atomic E-state index is 0.199. The maximum atomic E-state index is 11.9. The Hall–Kier alpha value is -0.150. The molecule has 3 heteroatoms. The Morgan fingerprint density at radius 1 is 1.58 bits per heavy atom. The van der Waals surface area contributed by atoms with E-state index in [1.165, 1.54) is 0 Å². The van der Waals surface area contributed by atoms with Crippen LogP contribution in [-0.4, -0.2) is 37.8 Å². The van der Waals surface area contributed by atoms with Crippen molar-refractivity contribution in [3.05, 3.63) is 0 Å². The lowest BCUT2D eigenvalue weighted by atomic mass is 9.90. The minimum Gasteiger partial charge on any atom is -0.330 e. The number of likely N-dealkylation sites (tertiary alicyclic amines) is 1. The number of nitrogens with two attached hydrogens (primary N) is 1. The molecule has 1 saturated heterocycles. The summed E-state index contributed by atoms with van der Waals surface area (Å²) in [7, 11) is 0. The van der Waals surface area contributed by atoms with E-state index in [1.54, 1.807) is 0 Å². The fourth-order valence-electron chi connectivity index (χ4n) is 1.77. The van der Waals surface area contributed by atoms with E-state index in [9.17, 15) is 4.39 Å². The van der Waals surface area contributed by atoms with Crippen molar-refractivity contribution >= 4 is 0 Å². The van der Waals surface area contributed by atoms with Crippen LogP contribution < -0.4 is 5.73 Å². The summed E-state index contributed by atoms with van der Waals surface area (Å²) in [6.07, 6.45) is 1.83. The highest BCUT2D eigenvalue weighted by Crippen LogP contribution is 2.28. The van der Waals surface area contributed by atoms with Crippen LogP contribution in [0.3, 0.4) is 0 Å². The van der Waals surface area contributed by atoms with Crippen LogP contribution in [0.4, 0.5) is 4.39 Å². The number of hydrogen-bond donors (Lipinski definition) is 1. The molecular formula is C9H19FN2. The number of rotatable bonds is 4. The molecular weight excluding hydrogens is 155 g/mol. The third-order valence-electron chi connectivity index (χ3n) is 2.74. The van der Waals surface area contributed by atoms with Gasteiger partial charge in [-0.2, -0.15) is 0 Å². The molecule has 0 aromatic carbocycles. The van der Waals surface area contributed by atoms with Gasteiger partial charge in [0.15, 0.2) is 0 Å². The van der Waals surface area contributed by atoms with Gasteiger partial charge in [0.2, 0.25) is 0 Å². The van der Waals surface area contributed by atoms with E-state index in [0.29, 0.717) is 6.42 Å². The molecule has 0 saturated carbocycles. The lowest BCUT2D eigenvalue weighted by molar-refractivity contribution is 0.268. The van der Waals surface area contributed by atoms with Gasteiger partial charge in [0.05, 0.1) is 6.67 Å². The SMILES string of the molecule is CC1(CN)CCN(CCCF)C1. The van der Waals surface area contributed by atoms with E-state index in [2.05, 4.69) is 11.8 Å². The van der Waals surface area contributed by atoms with Crippen molar-refractivity contribution in [1.29, 1.82) is 0 Å².